The number of nitrogens with two attached hydrogens (primary N) is 2. The molecule has 0 aliphatic rings. The topological polar surface area (TPSA) is 155 Å². The van der Waals surface area contributed by atoms with Gasteiger partial charge in [0, 0.05) is 53.7 Å². The van der Waals surface area contributed by atoms with Crippen molar-refractivity contribution < 1.29 is 28.3 Å². The molecule has 214 valence electrons. The molecule has 0 bridgehead atoms. The molecule has 1 heterocycles. The van der Waals surface area contributed by atoms with Gasteiger partial charge in [-0.3, -0.25) is 19.5 Å². The Kier molecular flexibility index (Phi) is 10.5. The molecular weight excluding hydrogens is 520 g/mol. The number of halogens is 2. The number of nitrogens with one attached hydrogen (secondary N) is 1. The average Bonchev–Trinajstić information content (AvgIpc) is 3.42. The number of rotatable bonds is 14. The van der Waals surface area contributed by atoms with Crippen LogP contribution in [0.2, 0.25) is 0 Å². The maximum atomic E-state index is 14.1. The first-order chi connectivity index (χ1) is 19.0. The second kappa shape index (κ2) is 13.8. The fraction of sp³-hybridized carbons (Fsp3) is 0.379. The summed E-state index contributed by atoms with van der Waals surface area (Å²) in [6.07, 6.45) is 2.07. The molecule has 11 heteroatoms. The third-order valence-electron chi connectivity index (χ3n) is 6.72. The van der Waals surface area contributed by atoms with Gasteiger partial charge in [0.05, 0.1) is 6.10 Å². The van der Waals surface area contributed by atoms with Crippen molar-refractivity contribution in [3.8, 4) is 0 Å². The first-order valence-corrected chi connectivity index (χ1v) is 13.2. The minimum Gasteiger partial charge on any atom is -0.392 e. The zero-order chi connectivity index (χ0) is 29.4. The van der Waals surface area contributed by atoms with Crippen LogP contribution in [-0.4, -0.2) is 57.1 Å². The van der Waals surface area contributed by atoms with Crippen molar-refractivity contribution in [2.24, 2.45) is 11.5 Å². The zero-order valence-electron chi connectivity index (χ0n) is 22.6. The van der Waals surface area contributed by atoms with Crippen LogP contribution >= 0.6 is 0 Å². The van der Waals surface area contributed by atoms with Crippen LogP contribution in [-0.2, 0) is 12.8 Å². The van der Waals surface area contributed by atoms with Gasteiger partial charge in [0.25, 0.3) is 5.91 Å². The van der Waals surface area contributed by atoms with Gasteiger partial charge in [0.15, 0.2) is 0 Å². The smallest absolute Gasteiger partial charge is 0.254 e. The fourth-order valence-corrected chi connectivity index (χ4v) is 4.94. The molecule has 0 aliphatic carbocycles. The van der Waals surface area contributed by atoms with Crippen LogP contribution in [0, 0.1) is 11.6 Å². The quantitative estimate of drug-likeness (QED) is 0.240. The summed E-state index contributed by atoms with van der Waals surface area (Å²) in [4.78, 5) is 40.5. The molecule has 2 aromatic carbocycles. The number of aromatic nitrogens is 2. The summed E-state index contributed by atoms with van der Waals surface area (Å²) in [5.74, 6) is -4.91. The van der Waals surface area contributed by atoms with E-state index in [0.29, 0.717) is 32.4 Å². The van der Waals surface area contributed by atoms with E-state index in [1.807, 2.05) is 13.8 Å². The van der Waals surface area contributed by atoms with E-state index in [1.165, 1.54) is 12.1 Å². The Bertz CT molecular complexity index is 1320. The molecule has 3 aromatic rings. The number of primary amides is 2. The second-order valence-corrected chi connectivity index (χ2v) is 9.78. The lowest BCUT2D eigenvalue weighted by molar-refractivity contribution is 0.0750. The van der Waals surface area contributed by atoms with Crippen LogP contribution in [0.15, 0.2) is 42.6 Å². The predicted molar refractivity (Wildman–Crippen MR) is 146 cm³/mol. The summed E-state index contributed by atoms with van der Waals surface area (Å²) in [5.41, 5.74) is 12.0. The van der Waals surface area contributed by atoms with E-state index >= 15 is 0 Å². The van der Waals surface area contributed by atoms with Gasteiger partial charge < -0.3 is 21.5 Å². The van der Waals surface area contributed by atoms with Crippen molar-refractivity contribution in [2.75, 3.05) is 13.1 Å². The number of aromatic amines is 1. The molecule has 0 saturated carbocycles. The van der Waals surface area contributed by atoms with Gasteiger partial charge >= 0.3 is 0 Å². The zero-order valence-corrected chi connectivity index (χ0v) is 22.6. The highest BCUT2D eigenvalue weighted by atomic mass is 19.1. The average molecular weight is 556 g/mol. The first-order valence-electron chi connectivity index (χ1n) is 13.2. The van der Waals surface area contributed by atoms with E-state index in [0.717, 1.165) is 23.9 Å². The van der Waals surface area contributed by atoms with E-state index in [1.54, 1.807) is 17.2 Å². The minimum absolute atomic E-state index is 0.0190. The third kappa shape index (κ3) is 7.50. The molecule has 0 fully saturated rings. The summed E-state index contributed by atoms with van der Waals surface area (Å²) in [6.45, 7) is 4.63. The van der Waals surface area contributed by atoms with Crippen LogP contribution in [0.3, 0.4) is 0 Å². The van der Waals surface area contributed by atoms with Crippen LogP contribution in [0.5, 0.6) is 0 Å². The Balaban J connectivity index is 2.25. The lowest BCUT2D eigenvalue weighted by Gasteiger charge is -2.30. The summed E-state index contributed by atoms with van der Waals surface area (Å²) in [7, 11) is 0. The molecule has 3 amide bonds. The molecule has 9 nitrogen and oxygen atoms in total. The van der Waals surface area contributed by atoms with Gasteiger partial charge in [0.2, 0.25) is 11.8 Å². The number of hydrogen-bond donors (Lipinski definition) is 4. The van der Waals surface area contributed by atoms with E-state index in [-0.39, 0.29) is 40.7 Å². The number of aliphatic hydroxyl groups excluding tert-OH is 1. The number of amides is 3. The standard InChI is InChI=1S/C29H35F2N5O4/c1-3-9-36(10-4-2)29(40)24-15-18(27(32)38)14-23(28(33)39)26(24)22(13-17-11-19(30)16-20(31)12-17)25(37)6-5-21-7-8-34-35-21/h7-8,11-12,14-16,22,25,37H,3-6,9-10,13H2,1-2H3,(H2,32,38)(H2,33,39)(H,34,35). The number of benzene rings is 2. The Hall–Kier alpha value is -4.12. The van der Waals surface area contributed by atoms with Gasteiger partial charge in [-0.1, -0.05) is 13.8 Å². The predicted octanol–water partition coefficient (Wildman–Crippen LogP) is 3.47. The summed E-state index contributed by atoms with van der Waals surface area (Å²) >= 11 is 0. The first kappa shape index (κ1) is 30.4. The maximum absolute atomic E-state index is 14.1. The van der Waals surface area contributed by atoms with Crippen molar-refractivity contribution in [3.05, 3.63) is 87.7 Å². The van der Waals surface area contributed by atoms with Crippen molar-refractivity contribution >= 4 is 17.7 Å². The van der Waals surface area contributed by atoms with E-state index in [9.17, 15) is 28.3 Å². The van der Waals surface area contributed by atoms with Crippen LogP contribution < -0.4 is 11.5 Å². The molecule has 0 aliphatic heterocycles. The van der Waals surface area contributed by atoms with E-state index < -0.39 is 41.4 Å². The molecule has 0 radical (unpaired) electrons. The van der Waals surface area contributed by atoms with Crippen molar-refractivity contribution in [1.29, 1.82) is 0 Å². The lowest BCUT2D eigenvalue weighted by Crippen LogP contribution is -2.36. The SMILES string of the molecule is CCCN(CCC)C(=O)c1cc(C(N)=O)cc(C(N)=O)c1C(Cc1cc(F)cc(F)c1)C(O)CCc1ccn[nH]1. The number of H-pyrrole nitrogens is 1. The van der Waals surface area contributed by atoms with Crippen LogP contribution in [0.4, 0.5) is 8.78 Å². The molecule has 2 unspecified atom stereocenters. The van der Waals surface area contributed by atoms with Gasteiger partial charge in [0.1, 0.15) is 11.6 Å². The van der Waals surface area contributed by atoms with Gasteiger partial charge in [-0.05, 0) is 73.6 Å². The Morgan fingerprint density at radius 3 is 2.12 bits per heavy atom. The van der Waals surface area contributed by atoms with Crippen molar-refractivity contribution in [1.82, 2.24) is 15.1 Å². The molecule has 0 saturated heterocycles. The highest BCUT2D eigenvalue weighted by molar-refractivity contribution is 6.06. The second-order valence-electron chi connectivity index (χ2n) is 9.78. The van der Waals surface area contributed by atoms with Crippen molar-refractivity contribution in [3.63, 3.8) is 0 Å². The molecule has 2 atom stereocenters. The summed E-state index contributed by atoms with van der Waals surface area (Å²) < 4.78 is 28.3. The molecule has 3 rings (SSSR count). The minimum atomic E-state index is -1.19. The Morgan fingerprint density at radius 2 is 1.60 bits per heavy atom. The number of hydrogen-bond acceptors (Lipinski definition) is 5. The fourth-order valence-electron chi connectivity index (χ4n) is 4.94. The number of nitrogens with zero attached hydrogens (tertiary/aromatic N) is 2. The molecule has 6 N–H and O–H groups in total. The van der Waals surface area contributed by atoms with E-state index in [4.69, 9.17) is 11.5 Å². The van der Waals surface area contributed by atoms with Gasteiger partial charge in [-0.15, -0.1) is 0 Å². The van der Waals surface area contributed by atoms with Gasteiger partial charge in [-0.2, -0.15) is 5.10 Å². The van der Waals surface area contributed by atoms with Gasteiger partial charge in [-0.25, -0.2) is 8.78 Å². The number of aryl methyl sites for hydroxylation is 1. The molecular formula is C29H35F2N5O4. The number of aliphatic hydroxyl groups is 1. The summed E-state index contributed by atoms with van der Waals surface area (Å²) in [6, 6.07) is 7.21. The number of carbonyl (C=O) groups excluding carboxylic acids is 3. The molecule has 0 spiro atoms. The molecule has 40 heavy (non-hydrogen) atoms. The highest BCUT2D eigenvalue weighted by Gasteiger charge is 2.33. The molecule has 1 aromatic heterocycles. The Labute approximate surface area is 231 Å². The number of carbonyl (C=O) groups is 3. The van der Waals surface area contributed by atoms with Crippen LogP contribution in [0.1, 0.15) is 86.9 Å². The largest absolute Gasteiger partial charge is 0.392 e. The van der Waals surface area contributed by atoms with E-state index in [2.05, 4.69) is 10.2 Å². The lowest BCUT2D eigenvalue weighted by atomic mass is 9.79. The van der Waals surface area contributed by atoms with Crippen molar-refractivity contribution in [2.45, 2.75) is 58.0 Å². The maximum Gasteiger partial charge on any atom is 0.254 e. The monoisotopic (exact) mass is 555 g/mol. The summed E-state index contributed by atoms with van der Waals surface area (Å²) in [5, 5.41) is 18.2. The third-order valence-corrected chi connectivity index (χ3v) is 6.72. The normalized spacial score (nSPS) is 12.6. The van der Waals surface area contributed by atoms with Crippen LogP contribution in [0.25, 0.3) is 0 Å². The highest BCUT2D eigenvalue weighted by Crippen LogP contribution is 2.34. The Morgan fingerprint density at radius 1 is 0.975 bits per heavy atom.